The van der Waals surface area contributed by atoms with Gasteiger partial charge < -0.3 is 5.11 Å². The van der Waals surface area contributed by atoms with E-state index >= 15 is 0 Å². The first-order chi connectivity index (χ1) is 10.9. The van der Waals surface area contributed by atoms with Crippen LogP contribution in [0, 0.1) is 13.8 Å². The van der Waals surface area contributed by atoms with Gasteiger partial charge in [0.1, 0.15) is 6.29 Å². The van der Waals surface area contributed by atoms with Crippen LogP contribution in [0.3, 0.4) is 0 Å². The summed E-state index contributed by atoms with van der Waals surface area (Å²) in [5.74, 6) is 0. The predicted molar refractivity (Wildman–Crippen MR) is 106 cm³/mol. The number of carbonyl (C=O) groups is 1. The van der Waals surface area contributed by atoms with E-state index in [0.29, 0.717) is 0 Å². The zero-order chi connectivity index (χ0) is 17.8. The van der Waals surface area contributed by atoms with Crippen LogP contribution in [0.15, 0.2) is 45.3 Å². The van der Waals surface area contributed by atoms with Crippen LogP contribution >= 0.6 is 55.1 Å². The molecule has 0 aromatic heterocycles. The third kappa shape index (κ3) is 8.32. The van der Waals surface area contributed by atoms with Crippen molar-refractivity contribution in [1.29, 1.82) is 0 Å². The maximum absolute atomic E-state index is 10.4. The van der Waals surface area contributed by atoms with Gasteiger partial charge in [-0.3, -0.25) is 4.79 Å². The fourth-order valence-corrected chi connectivity index (χ4v) is 2.36. The molecule has 0 heterocycles. The third-order valence-electron chi connectivity index (χ3n) is 2.99. The molecule has 0 aliphatic heterocycles. The van der Waals surface area contributed by atoms with E-state index in [1.165, 1.54) is 0 Å². The normalized spacial score (nSPS) is 9.17. The highest BCUT2D eigenvalue weighted by atomic mass is 79.9. The Morgan fingerprint density at radius 1 is 1.00 bits per heavy atom. The first-order valence-electron chi connectivity index (χ1n) is 6.59. The molecular weight excluding hydrogens is 467 g/mol. The third-order valence-corrected chi connectivity index (χ3v) is 4.70. The first-order valence-corrected chi connectivity index (χ1v) is 9.25. The summed E-state index contributed by atoms with van der Waals surface area (Å²) in [6.45, 7) is 4.01. The standard InChI is InChI=1S/C8H9BrO.C8H7BrO.CH2Cl2/c2*1-6-7(5-10)3-2-4-8(6)9;2-1-3/h2-4,10H,5H2,1H3;2-5H,1H3;1H2. The lowest BCUT2D eigenvalue weighted by Crippen LogP contribution is -1.87. The Morgan fingerprint density at radius 2 is 1.48 bits per heavy atom. The molecule has 2 aromatic rings. The Labute approximate surface area is 164 Å². The van der Waals surface area contributed by atoms with Crippen molar-refractivity contribution in [3.05, 3.63) is 67.6 Å². The predicted octanol–water partition coefficient (Wildman–Crippen LogP) is 6.24. The zero-order valence-electron chi connectivity index (χ0n) is 12.8. The van der Waals surface area contributed by atoms with Crippen LogP contribution in [0.5, 0.6) is 0 Å². The van der Waals surface area contributed by atoms with Crippen molar-refractivity contribution in [2.75, 3.05) is 5.34 Å². The minimum atomic E-state index is 0.116. The lowest BCUT2D eigenvalue weighted by atomic mass is 10.1. The molecular formula is C17H18Br2Cl2O2. The number of alkyl halides is 2. The summed E-state index contributed by atoms with van der Waals surface area (Å²) < 4.78 is 2.04. The molecule has 0 bridgehead atoms. The van der Waals surface area contributed by atoms with Crippen LogP contribution in [0.4, 0.5) is 0 Å². The highest BCUT2D eigenvalue weighted by molar-refractivity contribution is 9.10. The Morgan fingerprint density at radius 3 is 1.87 bits per heavy atom. The summed E-state index contributed by atoms with van der Waals surface area (Å²) in [6.07, 6.45) is 0.861. The maximum Gasteiger partial charge on any atom is 0.150 e. The molecule has 1 N–H and O–H groups in total. The van der Waals surface area contributed by atoms with Gasteiger partial charge in [0, 0.05) is 14.5 Å². The molecule has 0 unspecified atom stereocenters. The van der Waals surface area contributed by atoms with Crippen LogP contribution in [0.2, 0.25) is 0 Å². The molecule has 2 aromatic carbocycles. The average Bonchev–Trinajstić information content (AvgIpc) is 2.54. The van der Waals surface area contributed by atoms with Crippen molar-refractivity contribution < 1.29 is 9.90 Å². The van der Waals surface area contributed by atoms with Crippen LogP contribution in [0.1, 0.15) is 27.0 Å². The van der Waals surface area contributed by atoms with Crippen molar-refractivity contribution in [3.8, 4) is 0 Å². The molecule has 0 saturated carbocycles. The highest BCUT2D eigenvalue weighted by Gasteiger charge is 1.98. The van der Waals surface area contributed by atoms with Gasteiger partial charge in [0.05, 0.1) is 11.9 Å². The molecule has 0 spiro atoms. The van der Waals surface area contributed by atoms with E-state index in [2.05, 4.69) is 31.9 Å². The fourth-order valence-electron chi connectivity index (χ4n) is 1.58. The van der Waals surface area contributed by atoms with E-state index in [1.807, 2.05) is 44.2 Å². The lowest BCUT2D eigenvalue weighted by Gasteiger charge is -2.02. The molecule has 23 heavy (non-hydrogen) atoms. The number of aliphatic hydroxyl groups is 1. The monoisotopic (exact) mass is 482 g/mol. The molecule has 0 aliphatic rings. The van der Waals surface area contributed by atoms with E-state index in [1.54, 1.807) is 6.07 Å². The Balaban J connectivity index is 0.000000360. The van der Waals surface area contributed by atoms with Crippen molar-refractivity contribution >= 4 is 61.3 Å². The van der Waals surface area contributed by atoms with E-state index in [4.69, 9.17) is 28.3 Å². The number of aliphatic hydroxyl groups excluding tert-OH is 1. The van der Waals surface area contributed by atoms with Gasteiger partial charge in [-0.1, -0.05) is 56.1 Å². The van der Waals surface area contributed by atoms with Gasteiger partial charge in [0.2, 0.25) is 0 Å². The second-order valence-corrected chi connectivity index (χ2v) is 6.87. The van der Waals surface area contributed by atoms with Crippen molar-refractivity contribution in [2.24, 2.45) is 0 Å². The Bertz CT molecular complexity index is 620. The van der Waals surface area contributed by atoms with Gasteiger partial charge in [-0.25, -0.2) is 0 Å². The molecule has 0 radical (unpaired) electrons. The van der Waals surface area contributed by atoms with Gasteiger partial charge in [-0.05, 0) is 42.7 Å². The van der Waals surface area contributed by atoms with Crippen LogP contribution < -0.4 is 0 Å². The number of carbonyl (C=O) groups excluding carboxylic acids is 1. The van der Waals surface area contributed by atoms with Crippen molar-refractivity contribution in [3.63, 3.8) is 0 Å². The molecule has 0 amide bonds. The lowest BCUT2D eigenvalue weighted by molar-refractivity contribution is 0.112. The molecule has 126 valence electrons. The summed E-state index contributed by atoms with van der Waals surface area (Å²) in [5, 5.41) is 9.02. The van der Waals surface area contributed by atoms with E-state index in [0.717, 1.165) is 37.5 Å². The number of halogens is 4. The van der Waals surface area contributed by atoms with Gasteiger partial charge in [-0.2, -0.15) is 0 Å². The van der Waals surface area contributed by atoms with Gasteiger partial charge >= 0.3 is 0 Å². The topological polar surface area (TPSA) is 37.3 Å². The highest BCUT2D eigenvalue weighted by Crippen LogP contribution is 2.19. The summed E-state index contributed by atoms with van der Waals surface area (Å²) in [5.41, 5.74) is 3.84. The van der Waals surface area contributed by atoms with E-state index < -0.39 is 0 Å². The molecule has 0 fully saturated rings. The van der Waals surface area contributed by atoms with E-state index in [-0.39, 0.29) is 11.9 Å². The number of rotatable bonds is 2. The summed E-state index contributed by atoms with van der Waals surface area (Å²) in [6, 6.07) is 11.4. The number of hydrogen-bond donors (Lipinski definition) is 1. The summed E-state index contributed by atoms with van der Waals surface area (Å²) >= 11 is 16.2. The van der Waals surface area contributed by atoms with Crippen LogP contribution in [-0.4, -0.2) is 16.7 Å². The minimum Gasteiger partial charge on any atom is -0.392 e. The fraction of sp³-hybridized carbons (Fsp3) is 0.235. The first kappa shape index (κ1) is 22.6. The maximum atomic E-state index is 10.4. The molecule has 0 saturated heterocycles. The van der Waals surface area contributed by atoms with Crippen molar-refractivity contribution in [1.82, 2.24) is 0 Å². The molecule has 0 atom stereocenters. The molecule has 0 aliphatic carbocycles. The quantitative estimate of drug-likeness (QED) is 0.404. The average molecular weight is 485 g/mol. The summed E-state index contributed by atoms with van der Waals surface area (Å²) in [7, 11) is 0. The van der Waals surface area contributed by atoms with Crippen LogP contribution in [-0.2, 0) is 6.61 Å². The smallest absolute Gasteiger partial charge is 0.150 e. The Hall–Kier alpha value is -0.390. The summed E-state index contributed by atoms with van der Waals surface area (Å²) in [4.78, 5) is 10.4. The van der Waals surface area contributed by atoms with Gasteiger partial charge in [-0.15, -0.1) is 23.2 Å². The van der Waals surface area contributed by atoms with Crippen LogP contribution in [0.25, 0.3) is 0 Å². The SMILES string of the molecule is Cc1c(Br)cccc1C=O.Cc1c(Br)cccc1CO.ClCCl. The second-order valence-electron chi connectivity index (χ2n) is 4.36. The largest absolute Gasteiger partial charge is 0.392 e. The number of benzene rings is 2. The van der Waals surface area contributed by atoms with E-state index in [9.17, 15) is 4.79 Å². The molecule has 2 nitrogen and oxygen atoms in total. The van der Waals surface area contributed by atoms with Crippen molar-refractivity contribution in [2.45, 2.75) is 20.5 Å². The van der Waals surface area contributed by atoms with Gasteiger partial charge in [0.25, 0.3) is 0 Å². The second kappa shape index (κ2) is 13.0. The zero-order valence-corrected chi connectivity index (χ0v) is 17.5. The minimum absolute atomic E-state index is 0.116. The molecule has 2 rings (SSSR count). The Kier molecular flexibility index (Phi) is 12.7. The number of hydrogen-bond acceptors (Lipinski definition) is 2. The molecule has 6 heteroatoms. The van der Waals surface area contributed by atoms with Gasteiger partial charge in [0.15, 0.2) is 0 Å². The number of aldehydes is 1.